The zero-order valence-corrected chi connectivity index (χ0v) is 16.8. The fraction of sp³-hybridized carbons (Fsp3) is 0.571. The molecule has 2 unspecified atom stereocenters. The number of nitrogens with one attached hydrogen (secondary N) is 2. The first-order valence-corrected chi connectivity index (χ1v) is 10.4. The quantitative estimate of drug-likeness (QED) is 0.386. The maximum Gasteiger partial charge on any atom is 0.240 e. The number of nitrogens with two attached hydrogens (primary N) is 2. The van der Waals surface area contributed by atoms with Crippen LogP contribution in [0.2, 0.25) is 0 Å². The van der Waals surface area contributed by atoms with E-state index in [0.717, 1.165) is 37.9 Å². The molecule has 6 N–H and O–H groups in total. The number of carbonyl (C=O) groups excluding carboxylic acids is 2. The highest BCUT2D eigenvalue weighted by atomic mass is 16.2. The summed E-state index contributed by atoms with van der Waals surface area (Å²) >= 11 is 0. The van der Waals surface area contributed by atoms with Crippen LogP contribution < -0.4 is 16.8 Å². The lowest BCUT2D eigenvalue weighted by Crippen LogP contribution is -2.54. The third-order valence-electron chi connectivity index (χ3n) is 5.96. The summed E-state index contributed by atoms with van der Waals surface area (Å²) in [6.07, 6.45) is 4.02. The predicted molar refractivity (Wildman–Crippen MR) is 112 cm³/mol. The average Bonchev–Trinajstić information content (AvgIpc) is 3.22. The summed E-state index contributed by atoms with van der Waals surface area (Å²) in [6, 6.07) is 8.98. The van der Waals surface area contributed by atoms with Gasteiger partial charge in [0.05, 0.1) is 6.04 Å². The standard InChI is InChI=1S/C21H32N6O2/c22-19(28)18-9-5-11-27(18)20(29)17(12-15-6-2-1-3-7-15)25-13-16-8-4-10-26(14-16)21(23)24/h1-3,6-7,16-18,25H,4-5,8-14H2,(H2,22,28)(H3,23,24)/t16?,17?,18-/m0/s1. The van der Waals surface area contributed by atoms with Crippen LogP contribution in [0.4, 0.5) is 0 Å². The third kappa shape index (κ3) is 5.47. The molecule has 2 aliphatic rings. The van der Waals surface area contributed by atoms with Crippen molar-refractivity contribution < 1.29 is 9.59 Å². The van der Waals surface area contributed by atoms with E-state index in [1.807, 2.05) is 35.2 Å². The van der Waals surface area contributed by atoms with Gasteiger partial charge in [0.25, 0.3) is 0 Å². The molecule has 0 aliphatic carbocycles. The summed E-state index contributed by atoms with van der Waals surface area (Å²) in [6.45, 7) is 2.78. The molecule has 1 aromatic carbocycles. The first-order valence-electron chi connectivity index (χ1n) is 10.4. The lowest BCUT2D eigenvalue weighted by atomic mass is 9.97. The highest BCUT2D eigenvalue weighted by Gasteiger charge is 2.36. The number of nitrogens with zero attached hydrogens (tertiary/aromatic N) is 2. The average molecular weight is 401 g/mol. The number of amides is 2. The highest BCUT2D eigenvalue weighted by molar-refractivity contribution is 5.89. The van der Waals surface area contributed by atoms with E-state index in [1.165, 1.54) is 0 Å². The van der Waals surface area contributed by atoms with Crippen molar-refractivity contribution in [3.05, 3.63) is 35.9 Å². The Balaban J connectivity index is 1.68. The van der Waals surface area contributed by atoms with Gasteiger partial charge >= 0.3 is 0 Å². The minimum atomic E-state index is -0.509. The maximum absolute atomic E-state index is 13.3. The van der Waals surface area contributed by atoms with E-state index in [9.17, 15) is 9.59 Å². The Morgan fingerprint density at radius 1 is 1.14 bits per heavy atom. The number of carbonyl (C=O) groups is 2. The van der Waals surface area contributed by atoms with Crippen molar-refractivity contribution in [3.8, 4) is 0 Å². The molecule has 0 aromatic heterocycles. The van der Waals surface area contributed by atoms with Crippen molar-refractivity contribution in [2.24, 2.45) is 17.4 Å². The van der Waals surface area contributed by atoms with Gasteiger partial charge in [-0.05, 0) is 43.6 Å². The minimum absolute atomic E-state index is 0.0608. The van der Waals surface area contributed by atoms with Gasteiger partial charge in [-0.15, -0.1) is 0 Å². The Morgan fingerprint density at radius 2 is 1.86 bits per heavy atom. The molecule has 8 heteroatoms. The summed E-state index contributed by atoms with van der Waals surface area (Å²) in [4.78, 5) is 28.6. The largest absolute Gasteiger partial charge is 0.370 e. The molecule has 2 aliphatic heterocycles. The van der Waals surface area contributed by atoms with Crippen LogP contribution in [0.15, 0.2) is 30.3 Å². The van der Waals surface area contributed by atoms with E-state index in [0.29, 0.717) is 31.8 Å². The van der Waals surface area contributed by atoms with Crippen LogP contribution in [0.1, 0.15) is 31.2 Å². The summed E-state index contributed by atoms with van der Waals surface area (Å²) in [7, 11) is 0. The molecule has 3 atom stereocenters. The topological polar surface area (TPSA) is 129 Å². The Labute approximate surface area is 172 Å². The molecular weight excluding hydrogens is 368 g/mol. The number of likely N-dealkylation sites (tertiary alicyclic amines) is 2. The van der Waals surface area contributed by atoms with E-state index in [4.69, 9.17) is 16.9 Å². The molecule has 1 aromatic rings. The van der Waals surface area contributed by atoms with Crippen molar-refractivity contribution in [1.82, 2.24) is 15.1 Å². The van der Waals surface area contributed by atoms with Gasteiger partial charge in [-0.3, -0.25) is 15.0 Å². The van der Waals surface area contributed by atoms with Crippen LogP contribution in [0, 0.1) is 11.3 Å². The fourth-order valence-electron chi connectivity index (χ4n) is 4.38. The Kier molecular flexibility index (Phi) is 7.09. The zero-order chi connectivity index (χ0) is 20.8. The van der Waals surface area contributed by atoms with Gasteiger partial charge < -0.3 is 26.6 Å². The summed E-state index contributed by atoms with van der Waals surface area (Å²) < 4.78 is 0. The summed E-state index contributed by atoms with van der Waals surface area (Å²) in [5.41, 5.74) is 12.2. The summed E-state index contributed by atoms with van der Waals surface area (Å²) in [5.74, 6) is -0.0645. The first-order chi connectivity index (χ1) is 14.0. The second kappa shape index (κ2) is 9.73. The normalized spacial score (nSPS) is 23.0. The molecular formula is C21H32N6O2. The monoisotopic (exact) mass is 400 g/mol. The van der Waals surface area contributed by atoms with Crippen LogP contribution in [0.25, 0.3) is 0 Å². The van der Waals surface area contributed by atoms with Gasteiger partial charge in [0.1, 0.15) is 6.04 Å². The molecule has 2 fully saturated rings. The Bertz CT molecular complexity index is 725. The maximum atomic E-state index is 13.3. The van der Waals surface area contributed by atoms with Crippen LogP contribution in [0.5, 0.6) is 0 Å². The molecule has 2 heterocycles. The molecule has 3 rings (SSSR count). The van der Waals surface area contributed by atoms with Crippen LogP contribution >= 0.6 is 0 Å². The molecule has 0 spiro atoms. The van der Waals surface area contributed by atoms with Crippen LogP contribution in [-0.2, 0) is 16.0 Å². The van der Waals surface area contributed by atoms with Gasteiger partial charge in [0, 0.05) is 26.2 Å². The molecule has 29 heavy (non-hydrogen) atoms. The molecule has 158 valence electrons. The van der Waals surface area contributed by atoms with Gasteiger partial charge in [0.15, 0.2) is 5.96 Å². The molecule has 2 amide bonds. The van der Waals surface area contributed by atoms with Gasteiger partial charge in [-0.2, -0.15) is 0 Å². The fourth-order valence-corrected chi connectivity index (χ4v) is 4.38. The van der Waals surface area contributed by atoms with E-state index in [2.05, 4.69) is 5.32 Å². The van der Waals surface area contributed by atoms with Gasteiger partial charge in [-0.25, -0.2) is 0 Å². The van der Waals surface area contributed by atoms with Crippen molar-refractivity contribution in [1.29, 1.82) is 5.41 Å². The van der Waals surface area contributed by atoms with Crippen molar-refractivity contribution in [2.45, 2.75) is 44.2 Å². The van der Waals surface area contributed by atoms with E-state index < -0.39 is 18.0 Å². The molecule has 8 nitrogen and oxygen atoms in total. The van der Waals surface area contributed by atoms with Crippen LogP contribution in [-0.4, -0.2) is 65.8 Å². The highest BCUT2D eigenvalue weighted by Crippen LogP contribution is 2.20. The number of piperidine rings is 1. The molecule has 0 saturated carbocycles. The van der Waals surface area contributed by atoms with Gasteiger partial charge in [-0.1, -0.05) is 30.3 Å². The van der Waals surface area contributed by atoms with E-state index >= 15 is 0 Å². The van der Waals surface area contributed by atoms with Gasteiger partial charge in [0.2, 0.25) is 11.8 Å². The number of rotatable bonds is 7. The molecule has 0 radical (unpaired) electrons. The number of hydrogen-bond donors (Lipinski definition) is 4. The zero-order valence-electron chi connectivity index (χ0n) is 16.8. The SMILES string of the molecule is N=C(N)N1CCCC(CNC(Cc2ccccc2)C(=O)N2CCC[C@H]2C(N)=O)C1. The molecule has 0 bridgehead atoms. The minimum Gasteiger partial charge on any atom is -0.370 e. The Morgan fingerprint density at radius 3 is 2.55 bits per heavy atom. The number of hydrogen-bond acceptors (Lipinski definition) is 4. The van der Waals surface area contributed by atoms with E-state index in [1.54, 1.807) is 4.90 Å². The first kappa shape index (κ1) is 21.1. The second-order valence-corrected chi connectivity index (χ2v) is 8.08. The number of guanidine groups is 1. The number of benzene rings is 1. The predicted octanol–water partition coefficient (Wildman–Crippen LogP) is 0.269. The van der Waals surface area contributed by atoms with Crippen molar-refractivity contribution in [2.75, 3.05) is 26.2 Å². The second-order valence-electron chi connectivity index (χ2n) is 8.08. The smallest absolute Gasteiger partial charge is 0.240 e. The summed E-state index contributed by atoms with van der Waals surface area (Å²) in [5, 5.41) is 11.1. The van der Waals surface area contributed by atoms with Crippen LogP contribution in [0.3, 0.4) is 0 Å². The lowest BCUT2D eigenvalue weighted by Gasteiger charge is -2.34. The number of primary amides is 1. The lowest BCUT2D eigenvalue weighted by molar-refractivity contribution is -0.139. The van der Waals surface area contributed by atoms with E-state index in [-0.39, 0.29) is 11.9 Å². The molecule has 2 saturated heterocycles. The van der Waals surface area contributed by atoms with Crippen molar-refractivity contribution in [3.63, 3.8) is 0 Å². The third-order valence-corrected chi connectivity index (χ3v) is 5.96. The van der Waals surface area contributed by atoms with Crippen molar-refractivity contribution >= 4 is 17.8 Å². The Hall–Kier alpha value is -2.61.